The molecule has 0 saturated carbocycles. The molecule has 0 spiro atoms. The maximum Gasteiger partial charge on any atom is 0.178 e. The van der Waals surface area contributed by atoms with Crippen LogP contribution in [-0.2, 0) is 0 Å². The lowest BCUT2D eigenvalue weighted by Gasteiger charge is -2.13. The summed E-state index contributed by atoms with van der Waals surface area (Å²) in [7, 11) is 4.01. The normalized spacial score (nSPS) is 15.0. The first-order valence-corrected chi connectivity index (χ1v) is 9.72. The Morgan fingerprint density at radius 2 is 1.48 bits per heavy atom. The van der Waals surface area contributed by atoms with Crippen LogP contribution in [-0.4, -0.2) is 14.1 Å². The smallest absolute Gasteiger partial charge is 0.178 e. The lowest BCUT2D eigenvalue weighted by molar-refractivity contribution is -0.0999. The second-order valence-corrected chi connectivity index (χ2v) is 7.91. The summed E-state index contributed by atoms with van der Waals surface area (Å²) < 4.78 is 0. The number of anilines is 2. The standard InChI is InChI=1S/C22H22N2O2S/c1-15-4-13-20-21(14-15)27-22(23-20)16-5-9-18(10-6-16)25-26-19-11-7-17(8-12-19)24(2)3/h4-14,22-23H,1-3H3. The van der Waals surface area contributed by atoms with Gasteiger partial charge in [0.1, 0.15) is 5.37 Å². The van der Waals surface area contributed by atoms with Crippen molar-refractivity contribution in [2.45, 2.75) is 17.2 Å². The molecular formula is C22H22N2O2S. The van der Waals surface area contributed by atoms with Gasteiger partial charge in [-0.25, -0.2) is 0 Å². The van der Waals surface area contributed by atoms with Crippen LogP contribution < -0.4 is 20.0 Å². The summed E-state index contributed by atoms with van der Waals surface area (Å²) in [5, 5.41) is 3.77. The summed E-state index contributed by atoms with van der Waals surface area (Å²) in [5.41, 5.74) is 4.80. The van der Waals surface area contributed by atoms with E-state index in [0.29, 0.717) is 11.5 Å². The summed E-state index contributed by atoms with van der Waals surface area (Å²) in [6.07, 6.45) is 0. The molecule has 1 atom stereocenters. The molecule has 0 radical (unpaired) electrons. The molecule has 5 heteroatoms. The zero-order chi connectivity index (χ0) is 18.8. The number of rotatable bonds is 5. The molecule has 1 unspecified atom stereocenters. The van der Waals surface area contributed by atoms with Gasteiger partial charge in [0.15, 0.2) is 11.5 Å². The average molecular weight is 378 g/mol. The third kappa shape index (κ3) is 3.98. The number of thioether (sulfide) groups is 1. The third-order valence-electron chi connectivity index (χ3n) is 4.44. The van der Waals surface area contributed by atoms with E-state index in [4.69, 9.17) is 9.78 Å². The molecule has 138 valence electrons. The predicted molar refractivity (Wildman–Crippen MR) is 112 cm³/mol. The van der Waals surface area contributed by atoms with Gasteiger partial charge >= 0.3 is 0 Å². The van der Waals surface area contributed by atoms with Crippen LogP contribution in [0.3, 0.4) is 0 Å². The van der Waals surface area contributed by atoms with E-state index in [0.717, 1.165) is 5.69 Å². The van der Waals surface area contributed by atoms with E-state index >= 15 is 0 Å². The van der Waals surface area contributed by atoms with Gasteiger partial charge in [0.25, 0.3) is 0 Å². The minimum atomic E-state index is 0.218. The molecule has 3 aromatic carbocycles. The topological polar surface area (TPSA) is 33.7 Å². The van der Waals surface area contributed by atoms with E-state index in [1.54, 1.807) is 0 Å². The van der Waals surface area contributed by atoms with Crippen LogP contribution in [0.25, 0.3) is 0 Å². The minimum absolute atomic E-state index is 0.218. The number of nitrogens with one attached hydrogen (secondary N) is 1. The molecule has 4 rings (SSSR count). The van der Waals surface area contributed by atoms with Crippen molar-refractivity contribution in [1.82, 2.24) is 0 Å². The van der Waals surface area contributed by atoms with Crippen LogP contribution in [0.2, 0.25) is 0 Å². The third-order valence-corrected chi connectivity index (χ3v) is 5.66. The highest BCUT2D eigenvalue weighted by molar-refractivity contribution is 8.00. The Morgan fingerprint density at radius 1 is 0.852 bits per heavy atom. The molecule has 1 aliphatic heterocycles. The minimum Gasteiger partial charge on any atom is -0.378 e. The Morgan fingerprint density at radius 3 is 2.11 bits per heavy atom. The molecule has 0 bridgehead atoms. The van der Waals surface area contributed by atoms with Crippen LogP contribution in [0.5, 0.6) is 11.5 Å². The van der Waals surface area contributed by atoms with Gasteiger partial charge in [-0.15, -0.1) is 0 Å². The molecule has 0 aliphatic carbocycles. The number of fused-ring (bicyclic) bond motifs is 1. The summed E-state index contributed by atoms with van der Waals surface area (Å²) in [6.45, 7) is 2.12. The highest BCUT2D eigenvalue weighted by atomic mass is 32.2. The molecule has 27 heavy (non-hydrogen) atoms. The Balaban J connectivity index is 1.37. The Bertz CT molecular complexity index is 924. The lowest BCUT2D eigenvalue weighted by Crippen LogP contribution is -2.08. The van der Waals surface area contributed by atoms with Crippen LogP contribution >= 0.6 is 11.8 Å². The van der Waals surface area contributed by atoms with Crippen LogP contribution in [0.1, 0.15) is 16.5 Å². The van der Waals surface area contributed by atoms with Crippen molar-refractivity contribution in [3.63, 3.8) is 0 Å². The Labute approximate surface area is 164 Å². The van der Waals surface area contributed by atoms with E-state index in [1.165, 1.54) is 21.7 Å². The van der Waals surface area contributed by atoms with Crippen molar-refractivity contribution < 1.29 is 9.78 Å². The molecule has 4 nitrogen and oxygen atoms in total. The fraction of sp³-hybridized carbons (Fsp3) is 0.182. The quantitative estimate of drug-likeness (QED) is 0.458. The van der Waals surface area contributed by atoms with Crippen molar-refractivity contribution in [3.8, 4) is 11.5 Å². The zero-order valence-electron chi connectivity index (χ0n) is 15.6. The van der Waals surface area contributed by atoms with Gasteiger partial charge in [-0.1, -0.05) is 30.0 Å². The molecule has 1 heterocycles. The lowest BCUT2D eigenvalue weighted by atomic mass is 10.2. The van der Waals surface area contributed by atoms with Crippen LogP contribution in [0.15, 0.2) is 71.6 Å². The predicted octanol–water partition coefficient (Wildman–Crippen LogP) is 5.65. The maximum absolute atomic E-state index is 5.45. The largest absolute Gasteiger partial charge is 0.378 e. The van der Waals surface area contributed by atoms with E-state index in [-0.39, 0.29) is 5.37 Å². The molecule has 0 fully saturated rings. The Kier molecular flexibility index (Phi) is 4.86. The Hall–Kier alpha value is -2.79. The summed E-state index contributed by atoms with van der Waals surface area (Å²) in [6, 6.07) is 22.3. The summed E-state index contributed by atoms with van der Waals surface area (Å²) in [4.78, 5) is 14.2. The van der Waals surface area contributed by atoms with Gasteiger partial charge in [-0.2, -0.15) is 0 Å². The van der Waals surface area contributed by atoms with E-state index in [1.807, 2.05) is 67.2 Å². The second kappa shape index (κ2) is 7.45. The molecule has 1 aliphatic rings. The molecule has 3 aromatic rings. The van der Waals surface area contributed by atoms with Gasteiger partial charge in [0, 0.05) is 30.4 Å². The second-order valence-electron chi connectivity index (χ2n) is 6.77. The van der Waals surface area contributed by atoms with E-state index in [9.17, 15) is 0 Å². The average Bonchev–Trinajstić information content (AvgIpc) is 3.10. The summed E-state index contributed by atoms with van der Waals surface area (Å²) >= 11 is 1.84. The number of benzene rings is 3. The van der Waals surface area contributed by atoms with Crippen molar-refractivity contribution >= 4 is 23.1 Å². The van der Waals surface area contributed by atoms with Gasteiger partial charge in [0.05, 0.1) is 0 Å². The van der Waals surface area contributed by atoms with Gasteiger partial charge in [0.2, 0.25) is 0 Å². The number of nitrogens with zero attached hydrogens (tertiary/aromatic N) is 1. The molecule has 0 saturated heterocycles. The van der Waals surface area contributed by atoms with Crippen molar-refractivity contribution in [2.75, 3.05) is 24.3 Å². The summed E-state index contributed by atoms with van der Waals surface area (Å²) in [5.74, 6) is 1.34. The molecule has 0 aromatic heterocycles. The highest BCUT2D eigenvalue weighted by Gasteiger charge is 2.22. The van der Waals surface area contributed by atoms with Crippen molar-refractivity contribution in [2.24, 2.45) is 0 Å². The zero-order valence-corrected chi connectivity index (χ0v) is 16.4. The van der Waals surface area contributed by atoms with Gasteiger partial charge in [-0.05, 0) is 66.6 Å². The molecule has 1 N–H and O–H groups in total. The SMILES string of the molecule is Cc1ccc2c(c1)SC(c1ccc(OOc3ccc(N(C)C)cc3)cc1)N2. The number of hydrogen-bond donors (Lipinski definition) is 1. The van der Waals surface area contributed by atoms with Crippen LogP contribution in [0.4, 0.5) is 11.4 Å². The monoisotopic (exact) mass is 378 g/mol. The van der Waals surface area contributed by atoms with Crippen LogP contribution in [0, 0.1) is 6.92 Å². The first-order chi connectivity index (χ1) is 13.1. The first kappa shape index (κ1) is 17.6. The van der Waals surface area contributed by atoms with E-state index in [2.05, 4.69) is 42.6 Å². The van der Waals surface area contributed by atoms with Crippen molar-refractivity contribution in [3.05, 3.63) is 77.9 Å². The van der Waals surface area contributed by atoms with E-state index < -0.39 is 0 Å². The molecule has 0 amide bonds. The fourth-order valence-electron chi connectivity index (χ4n) is 2.89. The fourth-order valence-corrected chi connectivity index (χ4v) is 4.13. The van der Waals surface area contributed by atoms with Crippen molar-refractivity contribution in [1.29, 1.82) is 0 Å². The van der Waals surface area contributed by atoms with Gasteiger partial charge in [-0.3, -0.25) is 9.78 Å². The maximum atomic E-state index is 5.45. The highest BCUT2D eigenvalue weighted by Crippen LogP contribution is 2.46. The van der Waals surface area contributed by atoms with Gasteiger partial charge < -0.3 is 10.2 Å². The molecular weight excluding hydrogens is 356 g/mol. The number of hydrogen-bond acceptors (Lipinski definition) is 5. The number of aryl methyl sites for hydroxylation is 1. The first-order valence-electron chi connectivity index (χ1n) is 8.84.